The van der Waals surface area contributed by atoms with Gasteiger partial charge in [-0.15, -0.1) is 0 Å². The number of carbonyl (C=O) groups excluding carboxylic acids is 3. The summed E-state index contributed by atoms with van der Waals surface area (Å²) in [5, 5.41) is 25.4. The van der Waals surface area contributed by atoms with Gasteiger partial charge in [0.1, 0.15) is 18.1 Å². The van der Waals surface area contributed by atoms with E-state index in [1.807, 2.05) is 0 Å². The van der Waals surface area contributed by atoms with E-state index < -0.39 is 60.2 Å². The third kappa shape index (κ3) is 10.2. The summed E-state index contributed by atoms with van der Waals surface area (Å²) >= 11 is 3.99. The van der Waals surface area contributed by atoms with Crippen LogP contribution in [0.3, 0.4) is 0 Å². The number of nitrogens with one attached hydrogen (secondary N) is 3. The van der Waals surface area contributed by atoms with Crippen molar-refractivity contribution in [3.63, 3.8) is 0 Å². The summed E-state index contributed by atoms with van der Waals surface area (Å²) < 4.78 is 0. The van der Waals surface area contributed by atoms with Gasteiger partial charge in [0, 0.05) is 12.2 Å². The molecular weight excluding hydrogens is 464 g/mol. The molecule has 0 aliphatic rings. The maximum Gasteiger partial charge on any atom is 0.326 e. The molecule has 3 amide bonds. The molecular formula is C22H32N4O7S. The molecule has 1 aromatic carbocycles. The summed E-state index contributed by atoms with van der Waals surface area (Å²) in [5.41, 5.74) is 6.46. The fourth-order valence-corrected chi connectivity index (χ4v) is 3.21. The average Bonchev–Trinajstić information content (AvgIpc) is 2.76. The van der Waals surface area contributed by atoms with Crippen molar-refractivity contribution < 1.29 is 34.2 Å². The van der Waals surface area contributed by atoms with Crippen molar-refractivity contribution in [2.24, 2.45) is 11.7 Å². The van der Waals surface area contributed by atoms with Gasteiger partial charge in [-0.05, 0) is 17.9 Å². The van der Waals surface area contributed by atoms with Gasteiger partial charge in [-0.2, -0.15) is 12.6 Å². The van der Waals surface area contributed by atoms with Gasteiger partial charge < -0.3 is 31.9 Å². The second-order valence-corrected chi connectivity index (χ2v) is 8.59. The van der Waals surface area contributed by atoms with Gasteiger partial charge in [0.05, 0.1) is 12.5 Å². The quantitative estimate of drug-likeness (QED) is 0.169. The zero-order valence-electron chi connectivity index (χ0n) is 19.1. The summed E-state index contributed by atoms with van der Waals surface area (Å²) in [4.78, 5) is 60.5. The number of nitrogens with two attached hydrogens (primary N) is 1. The van der Waals surface area contributed by atoms with E-state index in [2.05, 4.69) is 28.6 Å². The van der Waals surface area contributed by atoms with Crippen molar-refractivity contribution in [2.75, 3.05) is 5.75 Å². The lowest BCUT2D eigenvalue weighted by molar-refractivity contribution is -0.147. The number of thiol groups is 1. The Balaban J connectivity index is 3.08. The molecule has 1 rings (SSSR count). The molecule has 0 saturated heterocycles. The van der Waals surface area contributed by atoms with Crippen LogP contribution >= 0.6 is 12.6 Å². The topological polar surface area (TPSA) is 188 Å². The molecule has 0 saturated carbocycles. The fraction of sp³-hybridized carbons (Fsp3) is 0.500. The van der Waals surface area contributed by atoms with Crippen LogP contribution in [0.1, 0.15) is 32.3 Å². The molecule has 0 aromatic heterocycles. The van der Waals surface area contributed by atoms with Gasteiger partial charge in [0.25, 0.3) is 0 Å². The number of carboxylic acid groups (broad SMARTS) is 2. The zero-order chi connectivity index (χ0) is 25.8. The molecule has 12 heteroatoms. The van der Waals surface area contributed by atoms with Crippen molar-refractivity contribution in [3.05, 3.63) is 35.9 Å². The predicted octanol–water partition coefficient (Wildman–Crippen LogP) is -0.454. The molecule has 11 nitrogen and oxygen atoms in total. The molecule has 1 aromatic rings. The molecule has 7 N–H and O–H groups in total. The van der Waals surface area contributed by atoms with Gasteiger partial charge in [-0.3, -0.25) is 19.2 Å². The average molecular weight is 497 g/mol. The van der Waals surface area contributed by atoms with Crippen LogP contribution in [-0.2, 0) is 30.4 Å². The molecule has 4 atom stereocenters. The first kappa shape index (κ1) is 28.9. The number of carboxylic acids is 2. The monoisotopic (exact) mass is 496 g/mol. The summed E-state index contributed by atoms with van der Waals surface area (Å²) in [6.07, 6.45) is -0.554. The number of benzene rings is 1. The maximum atomic E-state index is 13.1. The highest BCUT2D eigenvalue weighted by atomic mass is 32.1. The lowest BCUT2D eigenvalue weighted by Crippen LogP contribution is -2.58. The number of rotatable bonds is 14. The van der Waals surface area contributed by atoms with Gasteiger partial charge >= 0.3 is 11.9 Å². The van der Waals surface area contributed by atoms with E-state index >= 15 is 0 Å². The smallest absolute Gasteiger partial charge is 0.326 e. The van der Waals surface area contributed by atoms with E-state index in [-0.39, 0.29) is 24.5 Å². The molecule has 0 aliphatic carbocycles. The molecule has 0 radical (unpaired) electrons. The SMILES string of the molecule is CC(C)CC(NC(=O)C(Cc1ccccc1)NC(=O)C(N)CS)C(=O)NC(CC(=O)O)C(=O)O. The Hall–Kier alpha value is -3.12. The van der Waals surface area contributed by atoms with Crippen molar-refractivity contribution in [1.29, 1.82) is 0 Å². The minimum atomic E-state index is -1.66. The molecule has 0 heterocycles. The first-order chi connectivity index (χ1) is 15.9. The zero-order valence-corrected chi connectivity index (χ0v) is 20.0. The van der Waals surface area contributed by atoms with Crippen molar-refractivity contribution in [3.8, 4) is 0 Å². The Kier molecular flexibility index (Phi) is 12.1. The normalized spacial score (nSPS) is 14.4. The van der Waals surface area contributed by atoms with E-state index in [0.29, 0.717) is 0 Å². The Morgan fingerprint density at radius 1 is 0.882 bits per heavy atom. The largest absolute Gasteiger partial charge is 0.481 e. The van der Waals surface area contributed by atoms with Crippen molar-refractivity contribution >= 4 is 42.3 Å². The third-order valence-corrected chi connectivity index (χ3v) is 5.18. The first-order valence-corrected chi connectivity index (χ1v) is 11.3. The molecule has 0 bridgehead atoms. The lowest BCUT2D eigenvalue weighted by atomic mass is 10.0. The van der Waals surface area contributed by atoms with Crippen LogP contribution in [0.25, 0.3) is 0 Å². The number of aliphatic carboxylic acids is 2. The minimum Gasteiger partial charge on any atom is -0.481 e. The predicted molar refractivity (Wildman–Crippen MR) is 127 cm³/mol. The third-order valence-electron chi connectivity index (χ3n) is 4.78. The van der Waals surface area contributed by atoms with E-state index in [1.54, 1.807) is 44.2 Å². The summed E-state index contributed by atoms with van der Waals surface area (Å²) in [5.74, 6) is -5.03. The molecule has 4 unspecified atom stereocenters. The molecule has 34 heavy (non-hydrogen) atoms. The van der Waals surface area contributed by atoms with Crippen LogP contribution < -0.4 is 21.7 Å². The molecule has 0 spiro atoms. The molecule has 188 valence electrons. The Morgan fingerprint density at radius 3 is 1.91 bits per heavy atom. The second kappa shape index (κ2) is 14.2. The van der Waals surface area contributed by atoms with Crippen LogP contribution in [0.15, 0.2) is 30.3 Å². The van der Waals surface area contributed by atoms with Crippen molar-refractivity contribution in [1.82, 2.24) is 16.0 Å². The summed E-state index contributed by atoms with van der Waals surface area (Å²) in [6, 6.07) is 4.05. The number of amides is 3. The van der Waals surface area contributed by atoms with Gasteiger partial charge in [0.2, 0.25) is 17.7 Å². The highest BCUT2D eigenvalue weighted by molar-refractivity contribution is 7.80. The van der Waals surface area contributed by atoms with Crippen LogP contribution in [0.5, 0.6) is 0 Å². The Bertz CT molecular complexity index is 866. The summed E-state index contributed by atoms with van der Waals surface area (Å²) in [7, 11) is 0. The Labute approximate surface area is 203 Å². The molecule has 0 fully saturated rings. The van der Waals surface area contributed by atoms with Crippen LogP contribution in [0.4, 0.5) is 0 Å². The lowest BCUT2D eigenvalue weighted by Gasteiger charge is -2.26. The highest BCUT2D eigenvalue weighted by Gasteiger charge is 2.31. The second-order valence-electron chi connectivity index (χ2n) is 8.23. The van der Waals surface area contributed by atoms with Crippen LogP contribution in [0, 0.1) is 5.92 Å². The summed E-state index contributed by atoms with van der Waals surface area (Å²) in [6.45, 7) is 3.60. The van der Waals surface area contributed by atoms with Crippen LogP contribution in [-0.4, -0.2) is 69.8 Å². The Morgan fingerprint density at radius 2 is 1.41 bits per heavy atom. The maximum absolute atomic E-state index is 13.1. The van der Waals surface area contributed by atoms with Gasteiger partial charge in [-0.25, -0.2) is 4.79 Å². The van der Waals surface area contributed by atoms with Crippen molar-refractivity contribution in [2.45, 2.75) is 57.3 Å². The fourth-order valence-electron chi connectivity index (χ4n) is 3.04. The number of hydrogen-bond donors (Lipinski definition) is 7. The van der Waals surface area contributed by atoms with Crippen LogP contribution in [0.2, 0.25) is 0 Å². The van der Waals surface area contributed by atoms with Gasteiger partial charge in [0.15, 0.2) is 0 Å². The highest BCUT2D eigenvalue weighted by Crippen LogP contribution is 2.09. The molecule has 0 aliphatic heterocycles. The number of carbonyl (C=O) groups is 5. The van der Waals surface area contributed by atoms with E-state index in [9.17, 15) is 29.1 Å². The van der Waals surface area contributed by atoms with Gasteiger partial charge in [-0.1, -0.05) is 44.2 Å². The van der Waals surface area contributed by atoms with E-state index in [0.717, 1.165) is 5.56 Å². The van der Waals surface area contributed by atoms with E-state index in [1.165, 1.54) is 0 Å². The standard InChI is InChI=1S/C22H32N4O7S/c1-12(2)8-15(20(30)26-17(22(32)33)10-18(27)28)25-21(31)16(24-19(29)14(23)11-34)9-13-6-4-3-5-7-13/h3-7,12,14-17,34H,8-11,23H2,1-2H3,(H,24,29)(H,25,31)(H,26,30)(H,27,28)(H,32,33). The minimum absolute atomic E-state index is 0.0596. The number of hydrogen-bond acceptors (Lipinski definition) is 7. The first-order valence-electron chi connectivity index (χ1n) is 10.7. The van der Waals surface area contributed by atoms with E-state index in [4.69, 9.17) is 10.8 Å².